The SMILES string of the molecule is Cc1nc2cc(C#CC3CCCNC3)cnc2n1-c1ccc2c(c1)OCCO2. The van der Waals surface area contributed by atoms with Crippen molar-refractivity contribution < 1.29 is 9.47 Å². The van der Waals surface area contributed by atoms with Gasteiger partial charge in [-0.05, 0) is 44.5 Å². The van der Waals surface area contributed by atoms with E-state index in [0.717, 1.165) is 59.2 Å². The van der Waals surface area contributed by atoms with E-state index in [2.05, 4.69) is 22.1 Å². The fourth-order valence-corrected chi connectivity index (χ4v) is 3.79. The smallest absolute Gasteiger partial charge is 0.164 e. The quantitative estimate of drug-likeness (QED) is 0.664. The average molecular weight is 374 g/mol. The number of imidazole rings is 1. The first kappa shape index (κ1) is 17.1. The van der Waals surface area contributed by atoms with Gasteiger partial charge in [-0.15, -0.1) is 0 Å². The highest BCUT2D eigenvalue weighted by Crippen LogP contribution is 2.33. The number of hydrogen-bond donors (Lipinski definition) is 1. The molecule has 1 N–H and O–H groups in total. The minimum Gasteiger partial charge on any atom is -0.486 e. The van der Waals surface area contributed by atoms with Crippen molar-refractivity contribution in [1.82, 2.24) is 19.9 Å². The molecule has 1 unspecified atom stereocenters. The Morgan fingerprint density at radius 1 is 1.18 bits per heavy atom. The Balaban J connectivity index is 1.49. The zero-order chi connectivity index (χ0) is 18.9. The second-order valence-corrected chi connectivity index (χ2v) is 7.20. The van der Waals surface area contributed by atoms with Crippen LogP contribution in [0.3, 0.4) is 0 Å². The maximum absolute atomic E-state index is 5.72. The maximum atomic E-state index is 5.72. The van der Waals surface area contributed by atoms with E-state index < -0.39 is 0 Å². The van der Waals surface area contributed by atoms with E-state index in [1.165, 1.54) is 6.42 Å². The lowest BCUT2D eigenvalue weighted by Gasteiger charge is -2.19. The van der Waals surface area contributed by atoms with Gasteiger partial charge in [-0.3, -0.25) is 4.57 Å². The summed E-state index contributed by atoms with van der Waals surface area (Å²) < 4.78 is 13.4. The molecule has 1 saturated heterocycles. The van der Waals surface area contributed by atoms with Crippen LogP contribution in [0.2, 0.25) is 0 Å². The summed E-state index contributed by atoms with van der Waals surface area (Å²) in [7, 11) is 0. The molecule has 1 fully saturated rings. The predicted molar refractivity (Wildman–Crippen MR) is 107 cm³/mol. The molecule has 5 rings (SSSR count). The molecule has 0 spiro atoms. The second-order valence-electron chi connectivity index (χ2n) is 7.20. The molecule has 28 heavy (non-hydrogen) atoms. The lowest BCUT2D eigenvalue weighted by Crippen LogP contribution is -2.28. The first-order valence-corrected chi connectivity index (χ1v) is 9.75. The van der Waals surface area contributed by atoms with Gasteiger partial charge in [-0.25, -0.2) is 9.97 Å². The van der Waals surface area contributed by atoms with Crippen LogP contribution in [-0.2, 0) is 0 Å². The first-order chi connectivity index (χ1) is 13.8. The molecule has 0 saturated carbocycles. The van der Waals surface area contributed by atoms with Crippen LogP contribution >= 0.6 is 0 Å². The number of aryl methyl sites for hydroxylation is 1. The molecule has 0 radical (unpaired) electrons. The van der Waals surface area contributed by atoms with E-state index >= 15 is 0 Å². The molecule has 142 valence electrons. The highest BCUT2D eigenvalue weighted by Gasteiger charge is 2.16. The van der Waals surface area contributed by atoms with Crippen molar-refractivity contribution in [3.8, 4) is 29.0 Å². The summed E-state index contributed by atoms with van der Waals surface area (Å²) in [5, 5.41) is 3.40. The van der Waals surface area contributed by atoms with E-state index in [-0.39, 0.29) is 0 Å². The van der Waals surface area contributed by atoms with Gasteiger partial charge in [0.05, 0.1) is 5.69 Å². The van der Waals surface area contributed by atoms with Crippen LogP contribution in [0.25, 0.3) is 16.9 Å². The minimum absolute atomic E-state index is 0.418. The maximum Gasteiger partial charge on any atom is 0.164 e. The number of hydrogen-bond acceptors (Lipinski definition) is 5. The molecule has 0 bridgehead atoms. The fraction of sp³-hybridized carbons (Fsp3) is 0.364. The Bertz CT molecular complexity index is 1090. The zero-order valence-electron chi connectivity index (χ0n) is 15.9. The first-order valence-electron chi connectivity index (χ1n) is 9.75. The number of rotatable bonds is 1. The Labute approximate surface area is 163 Å². The van der Waals surface area contributed by atoms with Crippen molar-refractivity contribution in [2.75, 3.05) is 26.3 Å². The van der Waals surface area contributed by atoms with Gasteiger partial charge in [0.1, 0.15) is 24.6 Å². The normalized spacial score (nSPS) is 18.5. The lowest BCUT2D eigenvalue weighted by molar-refractivity contribution is 0.171. The van der Waals surface area contributed by atoms with E-state index in [1.807, 2.05) is 42.0 Å². The van der Waals surface area contributed by atoms with E-state index in [9.17, 15) is 0 Å². The number of aromatic nitrogens is 3. The van der Waals surface area contributed by atoms with Crippen molar-refractivity contribution in [1.29, 1.82) is 0 Å². The third-order valence-electron chi connectivity index (χ3n) is 5.17. The molecule has 6 nitrogen and oxygen atoms in total. The average Bonchev–Trinajstić information content (AvgIpc) is 3.07. The molecule has 6 heteroatoms. The molecule has 2 aromatic heterocycles. The van der Waals surface area contributed by atoms with Crippen molar-refractivity contribution in [2.45, 2.75) is 19.8 Å². The standard InChI is InChI=1S/C22H22N4O2/c1-15-25-19-11-17(5-4-16-3-2-8-23-13-16)14-24-22(19)26(15)18-6-7-20-21(12-18)28-10-9-27-20/h6-7,11-12,14,16,23H,2-3,8-10,13H2,1H3. The van der Waals surface area contributed by atoms with Gasteiger partial charge in [0, 0.05) is 30.3 Å². The Morgan fingerprint density at radius 3 is 2.93 bits per heavy atom. The van der Waals surface area contributed by atoms with Crippen molar-refractivity contribution in [3.05, 3.63) is 41.9 Å². The van der Waals surface area contributed by atoms with Gasteiger partial charge in [-0.1, -0.05) is 11.8 Å². The third kappa shape index (κ3) is 3.19. The van der Waals surface area contributed by atoms with Crippen LogP contribution in [0.5, 0.6) is 11.5 Å². The molecule has 4 heterocycles. The van der Waals surface area contributed by atoms with Crippen LogP contribution in [0.15, 0.2) is 30.5 Å². The molecule has 3 aromatic rings. The Kier molecular flexibility index (Phi) is 4.38. The second kappa shape index (κ2) is 7.17. The van der Waals surface area contributed by atoms with Crippen LogP contribution in [0, 0.1) is 24.7 Å². The summed E-state index contributed by atoms with van der Waals surface area (Å²) in [5.41, 5.74) is 3.54. The molecular formula is C22H22N4O2. The molecule has 0 aliphatic carbocycles. The number of pyridine rings is 1. The summed E-state index contributed by atoms with van der Waals surface area (Å²) in [4.78, 5) is 9.37. The Hall–Kier alpha value is -3.04. The van der Waals surface area contributed by atoms with Gasteiger partial charge in [0.15, 0.2) is 17.1 Å². The number of fused-ring (bicyclic) bond motifs is 2. The van der Waals surface area contributed by atoms with E-state index in [0.29, 0.717) is 19.1 Å². The van der Waals surface area contributed by atoms with Crippen molar-refractivity contribution in [2.24, 2.45) is 5.92 Å². The van der Waals surface area contributed by atoms with Gasteiger partial charge in [0.2, 0.25) is 0 Å². The summed E-state index contributed by atoms with van der Waals surface area (Å²) >= 11 is 0. The number of nitrogens with zero attached hydrogens (tertiary/aromatic N) is 3. The van der Waals surface area contributed by atoms with Crippen LogP contribution in [-0.4, -0.2) is 40.8 Å². The zero-order valence-corrected chi connectivity index (χ0v) is 15.9. The van der Waals surface area contributed by atoms with Gasteiger partial charge < -0.3 is 14.8 Å². The summed E-state index contributed by atoms with van der Waals surface area (Å²) in [6.07, 6.45) is 4.19. The number of piperidine rings is 1. The molecular weight excluding hydrogens is 352 g/mol. The third-order valence-corrected chi connectivity index (χ3v) is 5.17. The molecule has 2 aliphatic rings. The number of ether oxygens (including phenoxy) is 2. The summed E-state index contributed by atoms with van der Waals surface area (Å²) in [6, 6.07) is 7.95. The van der Waals surface area contributed by atoms with Crippen molar-refractivity contribution >= 4 is 11.2 Å². The highest BCUT2D eigenvalue weighted by molar-refractivity contribution is 5.76. The fourth-order valence-electron chi connectivity index (χ4n) is 3.79. The topological polar surface area (TPSA) is 61.2 Å². The number of nitrogens with one attached hydrogen (secondary N) is 1. The van der Waals surface area contributed by atoms with Crippen LogP contribution in [0.1, 0.15) is 24.2 Å². The molecule has 1 aromatic carbocycles. The Morgan fingerprint density at radius 2 is 2.07 bits per heavy atom. The monoisotopic (exact) mass is 374 g/mol. The highest BCUT2D eigenvalue weighted by atomic mass is 16.6. The van der Waals surface area contributed by atoms with Gasteiger partial charge in [0.25, 0.3) is 0 Å². The van der Waals surface area contributed by atoms with E-state index in [4.69, 9.17) is 14.5 Å². The van der Waals surface area contributed by atoms with E-state index in [1.54, 1.807) is 0 Å². The molecule has 1 atom stereocenters. The lowest BCUT2D eigenvalue weighted by atomic mass is 10.00. The predicted octanol–water partition coefficient (Wildman–Crippen LogP) is 2.85. The summed E-state index contributed by atoms with van der Waals surface area (Å²) in [5.74, 6) is 9.48. The van der Waals surface area contributed by atoms with Gasteiger partial charge >= 0.3 is 0 Å². The summed E-state index contributed by atoms with van der Waals surface area (Å²) in [6.45, 7) is 5.21. The van der Waals surface area contributed by atoms with Crippen LogP contribution < -0.4 is 14.8 Å². The molecule has 0 amide bonds. The molecule has 2 aliphatic heterocycles. The number of benzene rings is 1. The van der Waals surface area contributed by atoms with Gasteiger partial charge in [-0.2, -0.15) is 0 Å². The minimum atomic E-state index is 0.418. The largest absolute Gasteiger partial charge is 0.486 e. The van der Waals surface area contributed by atoms with Crippen LogP contribution in [0.4, 0.5) is 0 Å². The van der Waals surface area contributed by atoms with Crippen molar-refractivity contribution in [3.63, 3.8) is 0 Å².